The third kappa shape index (κ3) is 1.00. The lowest BCUT2D eigenvalue weighted by atomic mass is 9.89. The number of aromatic nitrogens is 1. The third-order valence-corrected chi connectivity index (χ3v) is 2.11. The largest absolute Gasteiger partial charge is 0.382 e. The van der Waals surface area contributed by atoms with Gasteiger partial charge in [0.2, 0.25) is 0 Å². The van der Waals surface area contributed by atoms with Crippen molar-refractivity contribution in [2.45, 2.75) is 5.60 Å². The molecule has 4 heteroatoms. The fraction of sp³-hybridized carbons (Fsp3) is 0.375. The van der Waals surface area contributed by atoms with Crippen LogP contribution >= 0.6 is 0 Å². The predicted molar refractivity (Wildman–Crippen MR) is 41.0 cm³/mol. The summed E-state index contributed by atoms with van der Waals surface area (Å²) in [5.41, 5.74) is -0.691. The molecule has 1 aromatic rings. The van der Waals surface area contributed by atoms with Crippen LogP contribution in [0, 0.1) is 5.82 Å². The van der Waals surface area contributed by atoms with Gasteiger partial charge in [-0.15, -0.1) is 0 Å². The minimum atomic E-state index is -1.02. The Bertz CT molecular complexity index is 299. The van der Waals surface area contributed by atoms with Gasteiger partial charge in [0.15, 0.2) is 0 Å². The molecular weight excluding hydrogens is 159 g/mol. The number of hydrogen-bond donors (Lipinski definition) is 2. The van der Waals surface area contributed by atoms with Gasteiger partial charge in [-0.25, -0.2) is 4.39 Å². The van der Waals surface area contributed by atoms with Crippen LogP contribution in [-0.2, 0) is 5.60 Å². The second-order valence-electron chi connectivity index (χ2n) is 2.99. The molecule has 0 radical (unpaired) electrons. The molecule has 0 amide bonds. The molecule has 1 aliphatic heterocycles. The minimum Gasteiger partial charge on any atom is -0.382 e. The molecule has 64 valence electrons. The lowest BCUT2D eigenvalue weighted by molar-refractivity contribution is -0.0177. The van der Waals surface area contributed by atoms with E-state index in [0.717, 1.165) is 6.20 Å². The number of pyridine rings is 1. The van der Waals surface area contributed by atoms with Crippen molar-refractivity contribution in [3.63, 3.8) is 0 Å². The Morgan fingerprint density at radius 1 is 1.58 bits per heavy atom. The monoisotopic (exact) mass is 168 g/mol. The van der Waals surface area contributed by atoms with E-state index in [-0.39, 0.29) is 0 Å². The molecule has 0 unspecified atom stereocenters. The predicted octanol–water partition coefficient (Wildman–Crippen LogP) is 0.0115. The summed E-state index contributed by atoms with van der Waals surface area (Å²) in [7, 11) is 0. The van der Waals surface area contributed by atoms with E-state index in [1.807, 2.05) is 0 Å². The lowest BCUT2D eigenvalue weighted by Gasteiger charge is -2.37. The Morgan fingerprint density at radius 2 is 2.33 bits per heavy atom. The van der Waals surface area contributed by atoms with E-state index < -0.39 is 11.4 Å². The summed E-state index contributed by atoms with van der Waals surface area (Å²) in [4.78, 5) is 3.61. The molecule has 3 nitrogen and oxygen atoms in total. The fourth-order valence-corrected chi connectivity index (χ4v) is 1.30. The first kappa shape index (κ1) is 7.64. The summed E-state index contributed by atoms with van der Waals surface area (Å²) in [6.45, 7) is 0.821. The average Bonchev–Trinajstić information content (AvgIpc) is 2.01. The number of nitrogens with one attached hydrogen (secondary N) is 1. The van der Waals surface area contributed by atoms with Crippen molar-refractivity contribution in [1.82, 2.24) is 10.3 Å². The molecule has 2 heterocycles. The van der Waals surface area contributed by atoms with Crippen LogP contribution in [0.15, 0.2) is 18.5 Å². The Labute approximate surface area is 69.2 Å². The first-order chi connectivity index (χ1) is 5.72. The molecule has 1 aliphatic rings. The van der Waals surface area contributed by atoms with E-state index in [1.54, 1.807) is 0 Å². The molecule has 0 aromatic carbocycles. The van der Waals surface area contributed by atoms with Crippen molar-refractivity contribution in [2.24, 2.45) is 0 Å². The summed E-state index contributed by atoms with van der Waals surface area (Å²) in [6.07, 6.45) is 2.60. The van der Waals surface area contributed by atoms with Gasteiger partial charge >= 0.3 is 0 Å². The van der Waals surface area contributed by atoms with Gasteiger partial charge in [-0.3, -0.25) is 4.98 Å². The summed E-state index contributed by atoms with van der Waals surface area (Å²) in [5, 5.41) is 12.6. The zero-order valence-electron chi connectivity index (χ0n) is 6.42. The molecule has 2 rings (SSSR count). The van der Waals surface area contributed by atoms with Crippen molar-refractivity contribution < 1.29 is 9.50 Å². The zero-order chi connectivity index (χ0) is 8.60. The van der Waals surface area contributed by atoms with Gasteiger partial charge in [0.05, 0.1) is 6.20 Å². The summed E-state index contributed by atoms with van der Waals surface area (Å²) < 4.78 is 13.1. The van der Waals surface area contributed by atoms with E-state index in [2.05, 4.69) is 10.3 Å². The van der Waals surface area contributed by atoms with Crippen LogP contribution in [0.4, 0.5) is 4.39 Å². The lowest BCUT2D eigenvalue weighted by Crippen LogP contribution is -2.57. The Kier molecular flexibility index (Phi) is 1.59. The normalized spacial score (nSPS) is 20.2. The Hall–Kier alpha value is -1.00. The molecule has 1 saturated heterocycles. The van der Waals surface area contributed by atoms with Gasteiger partial charge in [-0.1, -0.05) is 0 Å². The number of nitrogens with zero attached hydrogens (tertiary/aromatic N) is 1. The maximum Gasteiger partial charge on any atom is 0.147 e. The second kappa shape index (κ2) is 2.50. The van der Waals surface area contributed by atoms with E-state index in [4.69, 9.17) is 0 Å². The quantitative estimate of drug-likeness (QED) is 0.621. The molecule has 0 bridgehead atoms. The molecule has 2 N–H and O–H groups in total. The summed E-state index contributed by atoms with van der Waals surface area (Å²) in [5.74, 6) is -0.443. The molecule has 1 fully saturated rings. The van der Waals surface area contributed by atoms with Gasteiger partial charge in [-0.05, 0) is 6.07 Å². The molecule has 0 atom stereocenters. The third-order valence-electron chi connectivity index (χ3n) is 2.11. The average molecular weight is 168 g/mol. The van der Waals surface area contributed by atoms with Crippen LogP contribution in [0.3, 0.4) is 0 Å². The van der Waals surface area contributed by atoms with Crippen molar-refractivity contribution in [1.29, 1.82) is 0 Å². The Balaban J connectivity index is 2.39. The Morgan fingerprint density at radius 3 is 2.83 bits per heavy atom. The minimum absolute atomic E-state index is 0.330. The maximum absolute atomic E-state index is 13.1. The first-order valence-corrected chi connectivity index (χ1v) is 3.75. The SMILES string of the molecule is OC1(c2ccncc2F)CNC1. The van der Waals surface area contributed by atoms with Crippen LogP contribution in [0.5, 0.6) is 0 Å². The standard InChI is InChI=1S/C8H9FN2O/c9-7-3-10-2-1-6(7)8(12)4-11-5-8/h1-3,11-12H,4-5H2. The molecule has 0 aliphatic carbocycles. The van der Waals surface area contributed by atoms with E-state index in [1.165, 1.54) is 12.3 Å². The zero-order valence-corrected chi connectivity index (χ0v) is 6.42. The number of hydrogen-bond acceptors (Lipinski definition) is 3. The van der Waals surface area contributed by atoms with Gasteiger partial charge < -0.3 is 10.4 Å². The number of β-amino-alcohol motifs (C(OH)–C–C–N with tert-alkyl or cyclic N) is 1. The fourth-order valence-electron chi connectivity index (χ4n) is 1.30. The van der Waals surface area contributed by atoms with E-state index in [9.17, 15) is 9.50 Å². The van der Waals surface area contributed by atoms with Crippen molar-refractivity contribution in [3.8, 4) is 0 Å². The van der Waals surface area contributed by atoms with Gasteiger partial charge in [-0.2, -0.15) is 0 Å². The van der Waals surface area contributed by atoms with Crippen LogP contribution in [0.1, 0.15) is 5.56 Å². The summed E-state index contributed by atoms with van der Waals surface area (Å²) in [6, 6.07) is 1.51. The second-order valence-corrected chi connectivity index (χ2v) is 2.99. The highest BCUT2D eigenvalue weighted by Gasteiger charge is 2.38. The highest BCUT2D eigenvalue weighted by molar-refractivity contribution is 5.24. The summed E-state index contributed by atoms with van der Waals surface area (Å²) >= 11 is 0. The van der Waals surface area contributed by atoms with Gasteiger partial charge in [0.25, 0.3) is 0 Å². The van der Waals surface area contributed by atoms with Crippen LogP contribution in [0.2, 0.25) is 0 Å². The van der Waals surface area contributed by atoms with Gasteiger partial charge in [0.1, 0.15) is 11.4 Å². The van der Waals surface area contributed by atoms with E-state index >= 15 is 0 Å². The van der Waals surface area contributed by atoms with Crippen molar-refractivity contribution in [2.75, 3.05) is 13.1 Å². The first-order valence-electron chi connectivity index (χ1n) is 3.75. The molecule has 12 heavy (non-hydrogen) atoms. The topological polar surface area (TPSA) is 45.2 Å². The molecule has 1 aromatic heterocycles. The van der Waals surface area contributed by atoms with Crippen LogP contribution in [0.25, 0.3) is 0 Å². The number of aliphatic hydroxyl groups is 1. The van der Waals surface area contributed by atoms with E-state index in [0.29, 0.717) is 18.7 Å². The molecular formula is C8H9FN2O. The number of halogens is 1. The smallest absolute Gasteiger partial charge is 0.147 e. The maximum atomic E-state index is 13.1. The van der Waals surface area contributed by atoms with Crippen LogP contribution in [-0.4, -0.2) is 23.2 Å². The van der Waals surface area contributed by atoms with Crippen LogP contribution < -0.4 is 5.32 Å². The number of rotatable bonds is 1. The highest BCUT2D eigenvalue weighted by atomic mass is 19.1. The highest BCUT2D eigenvalue weighted by Crippen LogP contribution is 2.26. The van der Waals surface area contributed by atoms with Crippen molar-refractivity contribution >= 4 is 0 Å². The molecule has 0 saturated carbocycles. The van der Waals surface area contributed by atoms with Gasteiger partial charge in [0, 0.05) is 24.8 Å². The molecule has 0 spiro atoms. The van der Waals surface area contributed by atoms with Crippen molar-refractivity contribution in [3.05, 3.63) is 29.8 Å².